The fourth-order valence-electron chi connectivity index (χ4n) is 1.72. The van der Waals surface area contributed by atoms with E-state index in [1.54, 1.807) is 0 Å². The normalized spacial score (nSPS) is 11.2. The second kappa shape index (κ2) is 7.62. The number of halogens is 1. The molecule has 2 N–H and O–H groups in total. The SMILES string of the molecule is C=CC[C@H](N)c1ccc(Oc2ccccc2)cc1.Cl. The summed E-state index contributed by atoms with van der Waals surface area (Å²) < 4.78 is 5.71. The quantitative estimate of drug-likeness (QED) is 0.817. The van der Waals surface area contributed by atoms with Gasteiger partial charge >= 0.3 is 0 Å². The number of hydrogen-bond donors (Lipinski definition) is 1. The van der Waals surface area contributed by atoms with Crippen LogP contribution in [0.4, 0.5) is 0 Å². The molecular weight excluding hydrogens is 258 g/mol. The van der Waals surface area contributed by atoms with Gasteiger partial charge in [0.1, 0.15) is 11.5 Å². The number of nitrogens with two attached hydrogens (primary N) is 1. The van der Waals surface area contributed by atoms with Gasteiger partial charge in [0, 0.05) is 6.04 Å². The molecule has 0 fully saturated rings. The molecule has 19 heavy (non-hydrogen) atoms. The van der Waals surface area contributed by atoms with Crippen LogP contribution in [-0.4, -0.2) is 0 Å². The van der Waals surface area contributed by atoms with Crippen LogP contribution >= 0.6 is 12.4 Å². The van der Waals surface area contributed by atoms with Crippen molar-refractivity contribution in [2.24, 2.45) is 5.73 Å². The minimum atomic E-state index is 0. The molecule has 2 aromatic carbocycles. The molecule has 0 radical (unpaired) electrons. The molecule has 2 rings (SSSR count). The lowest BCUT2D eigenvalue weighted by Gasteiger charge is -2.10. The number of benzene rings is 2. The minimum Gasteiger partial charge on any atom is -0.457 e. The molecule has 0 aliphatic heterocycles. The summed E-state index contributed by atoms with van der Waals surface area (Å²) in [5.41, 5.74) is 7.09. The van der Waals surface area contributed by atoms with Crippen LogP contribution in [-0.2, 0) is 0 Å². The van der Waals surface area contributed by atoms with Crippen molar-refractivity contribution < 1.29 is 4.74 Å². The fraction of sp³-hybridized carbons (Fsp3) is 0.125. The van der Waals surface area contributed by atoms with Crippen LogP contribution < -0.4 is 10.5 Å². The summed E-state index contributed by atoms with van der Waals surface area (Å²) in [6, 6.07) is 17.6. The van der Waals surface area contributed by atoms with Crippen molar-refractivity contribution in [1.82, 2.24) is 0 Å². The zero-order chi connectivity index (χ0) is 12.8. The summed E-state index contributed by atoms with van der Waals surface area (Å²) in [5, 5.41) is 0. The van der Waals surface area contributed by atoms with Crippen LogP contribution in [0.25, 0.3) is 0 Å². The second-order valence-electron chi connectivity index (χ2n) is 4.12. The largest absolute Gasteiger partial charge is 0.457 e. The first kappa shape index (κ1) is 15.3. The third-order valence-electron chi connectivity index (χ3n) is 2.71. The summed E-state index contributed by atoms with van der Waals surface area (Å²) in [5.74, 6) is 1.65. The first-order valence-electron chi connectivity index (χ1n) is 5.99. The van der Waals surface area contributed by atoms with Crippen LogP contribution in [0.5, 0.6) is 11.5 Å². The van der Waals surface area contributed by atoms with E-state index in [4.69, 9.17) is 10.5 Å². The molecule has 0 aliphatic carbocycles. The van der Waals surface area contributed by atoms with Gasteiger partial charge in [-0.25, -0.2) is 0 Å². The molecule has 3 heteroatoms. The van der Waals surface area contributed by atoms with Gasteiger partial charge in [0.25, 0.3) is 0 Å². The highest BCUT2D eigenvalue weighted by Crippen LogP contribution is 2.23. The lowest BCUT2D eigenvalue weighted by Crippen LogP contribution is -2.08. The van der Waals surface area contributed by atoms with Gasteiger partial charge in [0.2, 0.25) is 0 Å². The molecule has 100 valence electrons. The van der Waals surface area contributed by atoms with Crippen molar-refractivity contribution in [3.63, 3.8) is 0 Å². The number of hydrogen-bond acceptors (Lipinski definition) is 2. The van der Waals surface area contributed by atoms with E-state index < -0.39 is 0 Å². The van der Waals surface area contributed by atoms with Gasteiger partial charge in [-0.05, 0) is 36.2 Å². The summed E-state index contributed by atoms with van der Waals surface area (Å²) in [6.07, 6.45) is 2.61. The molecular formula is C16H18ClNO. The zero-order valence-corrected chi connectivity index (χ0v) is 11.5. The molecule has 2 aromatic rings. The van der Waals surface area contributed by atoms with Gasteiger partial charge in [0.15, 0.2) is 0 Å². The zero-order valence-electron chi connectivity index (χ0n) is 10.7. The summed E-state index contributed by atoms with van der Waals surface area (Å²) in [6.45, 7) is 3.69. The van der Waals surface area contributed by atoms with E-state index in [-0.39, 0.29) is 18.4 Å². The fourth-order valence-corrected chi connectivity index (χ4v) is 1.72. The third kappa shape index (κ3) is 4.43. The van der Waals surface area contributed by atoms with Crippen LogP contribution in [0.2, 0.25) is 0 Å². The van der Waals surface area contributed by atoms with E-state index >= 15 is 0 Å². The average molecular weight is 276 g/mol. The smallest absolute Gasteiger partial charge is 0.127 e. The van der Waals surface area contributed by atoms with Crippen molar-refractivity contribution in [2.75, 3.05) is 0 Å². The minimum absolute atomic E-state index is 0. The standard InChI is InChI=1S/C16H17NO.ClH/c1-2-6-16(17)13-9-11-15(12-10-13)18-14-7-4-3-5-8-14;/h2-5,7-12,16H,1,6,17H2;1H/t16-;/m0./s1. The molecule has 0 saturated carbocycles. The first-order chi connectivity index (χ1) is 8.79. The van der Waals surface area contributed by atoms with E-state index in [0.717, 1.165) is 23.5 Å². The predicted octanol–water partition coefficient (Wildman–Crippen LogP) is 4.48. The molecule has 0 heterocycles. The van der Waals surface area contributed by atoms with Crippen molar-refractivity contribution in [3.05, 3.63) is 72.8 Å². The second-order valence-corrected chi connectivity index (χ2v) is 4.12. The Kier molecular flexibility index (Phi) is 6.13. The number of ether oxygens (including phenoxy) is 1. The predicted molar refractivity (Wildman–Crippen MR) is 81.9 cm³/mol. The Morgan fingerprint density at radius 1 is 1.00 bits per heavy atom. The Hall–Kier alpha value is -1.77. The Morgan fingerprint density at radius 3 is 2.16 bits per heavy atom. The van der Waals surface area contributed by atoms with Crippen LogP contribution in [0.3, 0.4) is 0 Å². The molecule has 0 unspecified atom stereocenters. The summed E-state index contributed by atoms with van der Waals surface area (Å²) in [7, 11) is 0. The van der Waals surface area contributed by atoms with E-state index in [9.17, 15) is 0 Å². The van der Waals surface area contributed by atoms with Gasteiger partial charge in [-0.3, -0.25) is 0 Å². The maximum absolute atomic E-state index is 6.00. The Bertz CT molecular complexity index is 496. The number of rotatable bonds is 5. The highest BCUT2D eigenvalue weighted by molar-refractivity contribution is 5.85. The van der Waals surface area contributed by atoms with Crippen LogP contribution in [0, 0.1) is 0 Å². The topological polar surface area (TPSA) is 35.2 Å². The maximum Gasteiger partial charge on any atom is 0.127 e. The van der Waals surface area contributed by atoms with Crippen molar-refractivity contribution >= 4 is 12.4 Å². The van der Waals surface area contributed by atoms with E-state index in [1.807, 2.05) is 60.7 Å². The van der Waals surface area contributed by atoms with Crippen molar-refractivity contribution in [2.45, 2.75) is 12.5 Å². The summed E-state index contributed by atoms with van der Waals surface area (Å²) in [4.78, 5) is 0. The van der Waals surface area contributed by atoms with Gasteiger partial charge in [-0.2, -0.15) is 0 Å². The Morgan fingerprint density at radius 2 is 1.58 bits per heavy atom. The van der Waals surface area contributed by atoms with Gasteiger partial charge in [-0.1, -0.05) is 36.4 Å². The maximum atomic E-state index is 6.00. The lowest BCUT2D eigenvalue weighted by molar-refractivity contribution is 0.482. The first-order valence-corrected chi connectivity index (χ1v) is 5.99. The Balaban J connectivity index is 0.00000180. The monoisotopic (exact) mass is 275 g/mol. The van der Waals surface area contributed by atoms with Crippen molar-refractivity contribution in [3.8, 4) is 11.5 Å². The molecule has 0 aromatic heterocycles. The average Bonchev–Trinajstić information content (AvgIpc) is 2.41. The summed E-state index contributed by atoms with van der Waals surface area (Å²) >= 11 is 0. The van der Waals surface area contributed by atoms with E-state index in [0.29, 0.717) is 0 Å². The van der Waals surface area contributed by atoms with Gasteiger partial charge in [0.05, 0.1) is 0 Å². The Labute approximate surface area is 120 Å². The third-order valence-corrected chi connectivity index (χ3v) is 2.71. The molecule has 0 spiro atoms. The highest BCUT2D eigenvalue weighted by Gasteiger charge is 2.04. The highest BCUT2D eigenvalue weighted by atomic mass is 35.5. The van der Waals surface area contributed by atoms with Gasteiger partial charge in [-0.15, -0.1) is 19.0 Å². The van der Waals surface area contributed by atoms with E-state index in [1.165, 1.54) is 0 Å². The molecule has 0 amide bonds. The van der Waals surface area contributed by atoms with Crippen LogP contribution in [0.1, 0.15) is 18.0 Å². The van der Waals surface area contributed by atoms with E-state index in [2.05, 4.69) is 6.58 Å². The molecule has 0 saturated heterocycles. The van der Waals surface area contributed by atoms with Crippen molar-refractivity contribution in [1.29, 1.82) is 0 Å². The van der Waals surface area contributed by atoms with Gasteiger partial charge < -0.3 is 10.5 Å². The molecule has 0 aliphatic rings. The van der Waals surface area contributed by atoms with Crippen LogP contribution in [0.15, 0.2) is 67.3 Å². The number of para-hydroxylation sites is 1. The lowest BCUT2D eigenvalue weighted by atomic mass is 10.0. The molecule has 1 atom stereocenters. The molecule has 2 nitrogen and oxygen atoms in total. The molecule has 0 bridgehead atoms.